The van der Waals surface area contributed by atoms with E-state index in [1.807, 2.05) is 44.2 Å². The van der Waals surface area contributed by atoms with E-state index in [-0.39, 0.29) is 18.9 Å². The Morgan fingerprint density at radius 1 is 0.894 bits per heavy atom. The fourth-order valence-corrected chi connectivity index (χ4v) is 5.68. The summed E-state index contributed by atoms with van der Waals surface area (Å²) >= 11 is 6.11. The molecule has 0 aliphatic carbocycles. The van der Waals surface area contributed by atoms with Crippen LogP contribution >= 0.6 is 11.6 Å². The zero-order valence-corrected chi connectivity index (χ0v) is 26.5. The smallest absolute Gasteiger partial charge is 0.481 e. The summed E-state index contributed by atoms with van der Waals surface area (Å²) in [4.78, 5) is 37.4. The Hall–Kier alpha value is -4.83. The van der Waals surface area contributed by atoms with E-state index in [9.17, 15) is 27.6 Å². The highest BCUT2D eigenvalue weighted by Gasteiger charge is 2.33. The second kappa shape index (κ2) is 15.6. The molecular formula is C36H34ClF3N2O5. The Bertz CT molecular complexity index is 1690. The number of benzene rings is 4. The molecule has 0 aliphatic heterocycles. The molecule has 0 saturated heterocycles. The molecule has 0 fully saturated rings. The Kier molecular flexibility index (Phi) is 11.7. The molecule has 0 heterocycles. The van der Waals surface area contributed by atoms with E-state index in [2.05, 4.69) is 15.4 Å². The number of aliphatic carboxylic acids is 1. The minimum Gasteiger partial charge on any atom is -0.481 e. The first-order valence-electron chi connectivity index (χ1n) is 15.0. The monoisotopic (exact) mass is 666 g/mol. The van der Waals surface area contributed by atoms with Crippen LogP contribution in [0, 0.1) is 6.92 Å². The summed E-state index contributed by atoms with van der Waals surface area (Å²) in [7, 11) is 0. The van der Waals surface area contributed by atoms with Crippen molar-refractivity contribution in [1.29, 1.82) is 0 Å². The van der Waals surface area contributed by atoms with Crippen LogP contribution < -0.4 is 15.4 Å². The van der Waals surface area contributed by atoms with Gasteiger partial charge in [-0.15, -0.1) is 13.2 Å². The lowest BCUT2D eigenvalue weighted by Crippen LogP contribution is -2.27. The van der Waals surface area contributed by atoms with Crippen molar-refractivity contribution < 1.29 is 37.4 Å². The molecule has 7 nitrogen and oxygen atoms in total. The maximum atomic E-state index is 14.1. The van der Waals surface area contributed by atoms with Crippen LogP contribution in [0.4, 0.5) is 18.9 Å². The number of carboxylic acid groups (broad SMARTS) is 1. The third-order valence-electron chi connectivity index (χ3n) is 7.63. The molecule has 4 rings (SSSR count). The van der Waals surface area contributed by atoms with E-state index in [1.165, 1.54) is 24.3 Å². The zero-order chi connectivity index (χ0) is 34.1. The van der Waals surface area contributed by atoms with Crippen molar-refractivity contribution in [2.45, 2.75) is 51.3 Å². The number of nitrogens with one attached hydrogen (secondary N) is 2. The number of hydrogen-bond donors (Lipinski definition) is 3. The molecule has 4 aromatic rings. The summed E-state index contributed by atoms with van der Waals surface area (Å²) in [6, 6.07) is 24.9. The van der Waals surface area contributed by atoms with Crippen molar-refractivity contribution in [3.8, 4) is 16.9 Å². The number of ether oxygens (including phenoxy) is 1. The van der Waals surface area contributed by atoms with Gasteiger partial charge in [-0.05, 0) is 95.6 Å². The number of hydrogen-bond acceptors (Lipinski definition) is 4. The molecule has 2 atom stereocenters. The summed E-state index contributed by atoms with van der Waals surface area (Å²) < 4.78 is 42.6. The molecule has 0 aliphatic rings. The van der Waals surface area contributed by atoms with Crippen LogP contribution in [0.5, 0.6) is 5.75 Å². The van der Waals surface area contributed by atoms with Crippen molar-refractivity contribution in [2.24, 2.45) is 0 Å². The van der Waals surface area contributed by atoms with Gasteiger partial charge in [0.2, 0.25) is 5.91 Å². The van der Waals surface area contributed by atoms with E-state index >= 15 is 0 Å². The minimum absolute atomic E-state index is 0.0229. The molecule has 246 valence electrons. The molecule has 47 heavy (non-hydrogen) atoms. The van der Waals surface area contributed by atoms with E-state index < -0.39 is 35.8 Å². The average molecular weight is 667 g/mol. The first-order valence-corrected chi connectivity index (χ1v) is 15.4. The maximum Gasteiger partial charge on any atom is 0.573 e. The van der Waals surface area contributed by atoms with Crippen LogP contribution in [-0.4, -0.2) is 35.8 Å². The number of carbonyl (C=O) groups is 3. The molecule has 11 heteroatoms. The lowest BCUT2D eigenvalue weighted by atomic mass is 9.78. The van der Waals surface area contributed by atoms with Gasteiger partial charge >= 0.3 is 12.3 Å². The summed E-state index contributed by atoms with van der Waals surface area (Å²) in [5.74, 6) is -3.45. The lowest BCUT2D eigenvalue weighted by molar-refractivity contribution is -0.274. The average Bonchev–Trinajstić information content (AvgIpc) is 3.01. The standard InChI is InChI=1S/C36H34ClF3N2O5/c1-3-4-31(24-5-7-26(8-6-24)34(45)41-20-19-32(43)44)33(25-11-16-29(17-12-25)47-36(38,39)40)35(46)42-28-14-9-23(10-15-28)30-18-13-27(37)21-22(30)2/h5-18,21,31,33H,3-4,19-20H2,1-2H3,(H,41,45)(H,42,46)(H,43,44)/t31-,33-/m1/s1. The molecule has 0 radical (unpaired) electrons. The molecule has 3 N–H and O–H groups in total. The van der Waals surface area contributed by atoms with Crippen LogP contribution in [0.1, 0.15) is 65.1 Å². The number of carboxylic acids is 1. The molecule has 2 amide bonds. The van der Waals surface area contributed by atoms with Crippen LogP contribution in [-0.2, 0) is 9.59 Å². The topological polar surface area (TPSA) is 105 Å². The number of rotatable bonds is 13. The fraction of sp³-hybridized carbons (Fsp3) is 0.250. The second-order valence-electron chi connectivity index (χ2n) is 11.0. The third kappa shape index (κ3) is 9.83. The van der Waals surface area contributed by atoms with Gasteiger partial charge in [0.05, 0.1) is 12.3 Å². The van der Waals surface area contributed by atoms with E-state index in [4.69, 9.17) is 16.7 Å². The van der Waals surface area contributed by atoms with Crippen LogP contribution in [0.3, 0.4) is 0 Å². The summed E-state index contributed by atoms with van der Waals surface area (Å²) in [6.45, 7) is 3.90. The van der Waals surface area contributed by atoms with Crippen molar-refractivity contribution in [2.75, 3.05) is 11.9 Å². The predicted molar refractivity (Wildman–Crippen MR) is 175 cm³/mol. The molecular weight excluding hydrogens is 633 g/mol. The molecule has 0 saturated carbocycles. The van der Waals surface area contributed by atoms with Crippen LogP contribution in [0.15, 0.2) is 91.0 Å². The summed E-state index contributed by atoms with van der Waals surface area (Å²) in [5.41, 5.74) is 5.02. The molecule has 0 aromatic heterocycles. The lowest BCUT2D eigenvalue weighted by Gasteiger charge is -2.28. The van der Waals surface area contributed by atoms with Gasteiger partial charge in [0, 0.05) is 22.8 Å². The fourth-order valence-electron chi connectivity index (χ4n) is 5.45. The Labute approximate surface area is 275 Å². The van der Waals surface area contributed by atoms with E-state index in [1.54, 1.807) is 36.4 Å². The normalized spacial score (nSPS) is 12.6. The number of anilines is 1. The number of amides is 2. The molecule has 0 unspecified atom stereocenters. The first-order chi connectivity index (χ1) is 22.3. The Morgan fingerprint density at radius 3 is 2.11 bits per heavy atom. The summed E-state index contributed by atoms with van der Waals surface area (Å²) in [6.07, 6.45) is -3.83. The van der Waals surface area contributed by atoms with Gasteiger partial charge in [-0.2, -0.15) is 0 Å². The molecule has 0 bridgehead atoms. The van der Waals surface area contributed by atoms with E-state index in [0.717, 1.165) is 22.3 Å². The molecule has 4 aromatic carbocycles. The van der Waals surface area contributed by atoms with Crippen molar-refractivity contribution in [3.05, 3.63) is 118 Å². The Balaban J connectivity index is 1.64. The zero-order valence-electron chi connectivity index (χ0n) is 25.7. The van der Waals surface area contributed by atoms with Gasteiger partial charge in [0.15, 0.2) is 0 Å². The minimum atomic E-state index is -4.86. The van der Waals surface area contributed by atoms with Gasteiger partial charge in [0.1, 0.15) is 5.75 Å². The largest absolute Gasteiger partial charge is 0.573 e. The quantitative estimate of drug-likeness (QED) is 0.132. The van der Waals surface area contributed by atoms with Crippen molar-refractivity contribution >= 4 is 35.1 Å². The highest BCUT2D eigenvalue weighted by atomic mass is 35.5. The second-order valence-corrected chi connectivity index (χ2v) is 11.5. The van der Waals surface area contributed by atoms with Gasteiger partial charge < -0.3 is 20.5 Å². The van der Waals surface area contributed by atoms with E-state index in [0.29, 0.717) is 34.7 Å². The number of carbonyl (C=O) groups excluding carboxylic acids is 2. The highest BCUT2D eigenvalue weighted by molar-refractivity contribution is 6.30. The highest BCUT2D eigenvalue weighted by Crippen LogP contribution is 2.39. The summed E-state index contributed by atoms with van der Waals surface area (Å²) in [5, 5.41) is 15.0. The third-order valence-corrected chi connectivity index (χ3v) is 7.87. The first kappa shape index (κ1) is 35.0. The van der Waals surface area contributed by atoms with Gasteiger partial charge in [-0.25, -0.2) is 0 Å². The van der Waals surface area contributed by atoms with Gasteiger partial charge in [-0.1, -0.05) is 67.4 Å². The number of aryl methyl sites for hydroxylation is 1. The number of halogens is 4. The maximum absolute atomic E-state index is 14.1. The van der Waals surface area contributed by atoms with Gasteiger partial charge in [-0.3, -0.25) is 14.4 Å². The van der Waals surface area contributed by atoms with Crippen molar-refractivity contribution in [1.82, 2.24) is 5.32 Å². The molecule has 0 spiro atoms. The number of alkyl halides is 3. The van der Waals surface area contributed by atoms with Gasteiger partial charge in [0.25, 0.3) is 5.91 Å². The van der Waals surface area contributed by atoms with Crippen LogP contribution in [0.25, 0.3) is 11.1 Å². The van der Waals surface area contributed by atoms with Crippen LogP contribution in [0.2, 0.25) is 5.02 Å². The predicted octanol–water partition coefficient (Wildman–Crippen LogP) is 8.72. The van der Waals surface area contributed by atoms with Crippen molar-refractivity contribution in [3.63, 3.8) is 0 Å². The SMILES string of the molecule is CCC[C@H](c1ccc(C(=O)NCCC(=O)O)cc1)[C@H](C(=O)Nc1ccc(-c2ccc(Cl)cc2C)cc1)c1ccc(OC(F)(F)F)cc1. The Morgan fingerprint density at radius 2 is 1.53 bits per heavy atom.